The van der Waals surface area contributed by atoms with Gasteiger partial charge in [-0.25, -0.2) is 4.79 Å². The van der Waals surface area contributed by atoms with E-state index in [1.807, 2.05) is 27.7 Å². The van der Waals surface area contributed by atoms with Crippen LogP contribution in [0.3, 0.4) is 0 Å². The number of carbonyl (C=O) groups excluding carboxylic acids is 1. The second-order valence-electron chi connectivity index (χ2n) is 5.74. The van der Waals surface area contributed by atoms with Crippen molar-refractivity contribution < 1.29 is 14.6 Å². The van der Waals surface area contributed by atoms with E-state index in [1.54, 1.807) is 4.90 Å². The van der Waals surface area contributed by atoms with Gasteiger partial charge in [-0.05, 0) is 33.6 Å². The smallest absolute Gasteiger partial charge is 0.410 e. The lowest BCUT2D eigenvalue weighted by molar-refractivity contribution is -0.0478. The Labute approximate surface area is 103 Å². The van der Waals surface area contributed by atoms with Gasteiger partial charge >= 0.3 is 6.09 Å². The molecule has 5 heteroatoms. The second-order valence-corrected chi connectivity index (χ2v) is 5.74. The zero-order valence-corrected chi connectivity index (χ0v) is 11.2. The first-order valence-corrected chi connectivity index (χ1v) is 6.14. The molecule has 0 aliphatic carbocycles. The minimum Gasteiger partial charge on any atom is -0.444 e. The molecule has 0 radical (unpaired) electrons. The summed E-state index contributed by atoms with van der Waals surface area (Å²) in [6.45, 7) is 8.24. The van der Waals surface area contributed by atoms with Crippen molar-refractivity contribution in [3.05, 3.63) is 0 Å². The van der Waals surface area contributed by atoms with Crippen molar-refractivity contribution in [3.8, 4) is 0 Å². The van der Waals surface area contributed by atoms with Crippen LogP contribution < -0.4 is 5.73 Å². The fourth-order valence-corrected chi connectivity index (χ4v) is 1.94. The number of likely N-dealkylation sites (tertiary alicyclic amines) is 1. The maximum absolute atomic E-state index is 11.8. The van der Waals surface area contributed by atoms with Gasteiger partial charge < -0.3 is 20.5 Å². The van der Waals surface area contributed by atoms with Crippen LogP contribution in [0.1, 0.15) is 40.5 Å². The number of piperidine rings is 1. The SMILES string of the molecule is CCC1(O)CCN(C(=O)OC(C)(C)C)CC1N. The first kappa shape index (κ1) is 14.3. The molecule has 0 aromatic rings. The number of amides is 1. The van der Waals surface area contributed by atoms with Gasteiger partial charge in [-0.3, -0.25) is 0 Å². The van der Waals surface area contributed by atoms with Crippen LogP contribution in [-0.4, -0.2) is 46.4 Å². The van der Waals surface area contributed by atoms with Gasteiger partial charge in [0, 0.05) is 13.1 Å². The summed E-state index contributed by atoms with van der Waals surface area (Å²) in [7, 11) is 0. The number of hydrogen-bond acceptors (Lipinski definition) is 4. The number of carbonyl (C=O) groups is 1. The number of rotatable bonds is 1. The van der Waals surface area contributed by atoms with E-state index < -0.39 is 17.2 Å². The molecule has 0 saturated carbocycles. The van der Waals surface area contributed by atoms with Crippen LogP contribution in [0.4, 0.5) is 4.79 Å². The highest BCUT2D eigenvalue weighted by Gasteiger charge is 2.40. The Morgan fingerprint density at radius 2 is 2.18 bits per heavy atom. The topological polar surface area (TPSA) is 75.8 Å². The predicted octanol–water partition coefficient (Wildman–Crippen LogP) is 1.10. The van der Waals surface area contributed by atoms with E-state index >= 15 is 0 Å². The highest BCUT2D eigenvalue weighted by Crippen LogP contribution is 2.25. The first-order chi connectivity index (χ1) is 7.68. The van der Waals surface area contributed by atoms with Crippen molar-refractivity contribution >= 4 is 6.09 Å². The van der Waals surface area contributed by atoms with Gasteiger partial charge in [-0.15, -0.1) is 0 Å². The summed E-state index contributed by atoms with van der Waals surface area (Å²) in [5.41, 5.74) is 4.57. The molecule has 17 heavy (non-hydrogen) atoms. The van der Waals surface area contributed by atoms with Gasteiger partial charge in [0.25, 0.3) is 0 Å². The van der Waals surface area contributed by atoms with E-state index in [4.69, 9.17) is 10.5 Å². The van der Waals surface area contributed by atoms with Gasteiger partial charge in [0.1, 0.15) is 5.60 Å². The molecule has 0 spiro atoms. The van der Waals surface area contributed by atoms with E-state index in [9.17, 15) is 9.90 Å². The molecule has 3 N–H and O–H groups in total. The Morgan fingerprint density at radius 1 is 1.59 bits per heavy atom. The van der Waals surface area contributed by atoms with Crippen LogP contribution in [0.5, 0.6) is 0 Å². The molecule has 1 aliphatic rings. The molecule has 5 nitrogen and oxygen atoms in total. The third-order valence-electron chi connectivity index (χ3n) is 3.19. The van der Waals surface area contributed by atoms with Crippen LogP contribution >= 0.6 is 0 Å². The average Bonchev–Trinajstić information content (AvgIpc) is 2.19. The lowest BCUT2D eigenvalue weighted by atomic mass is 9.85. The summed E-state index contributed by atoms with van der Waals surface area (Å²) in [6, 6.07) is -0.409. The Balaban J connectivity index is 2.58. The second kappa shape index (κ2) is 4.82. The number of aliphatic hydroxyl groups is 1. The number of nitrogens with zero attached hydrogens (tertiary/aromatic N) is 1. The zero-order chi connectivity index (χ0) is 13.3. The molecule has 0 aromatic carbocycles. The van der Waals surface area contributed by atoms with Crippen molar-refractivity contribution in [2.75, 3.05) is 13.1 Å². The summed E-state index contributed by atoms with van der Waals surface area (Å²) in [5, 5.41) is 10.2. The van der Waals surface area contributed by atoms with Crippen molar-refractivity contribution in [3.63, 3.8) is 0 Å². The minimum atomic E-state index is -0.849. The maximum Gasteiger partial charge on any atom is 0.410 e. The van der Waals surface area contributed by atoms with Crippen LogP contribution in [-0.2, 0) is 4.74 Å². The largest absolute Gasteiger partial charge is 0.444 e. The lowest BCUT2D eigenvalue weighted by Crippen LogP contribution is -2.60. The summed E-state index contributed by atoms with van der Waals surface area (Å²) in [6.07, 6.45) is 0.756. The molecule has 1 heterocycles. The zero-order valence-electron chi connectivity index (χ0n) is 11.2. The van der Waals surface area contributed by atoms with Crippen molar-refractivity contribution in [1.29, 1.82) is 0 Å². The van der Waals surface area contributed by atoms with Crippen molar-refractivity contribution in [2.24, 2.45) is 5.73 Å². The highest BCUT2D eigenvalue weighted by molar-refractivity contribution is 5.68. The minimum absolute atomic E-state index is 0.346. The Morgan fingerprint density at radius 3 is 2.59 bits per heavy atom. The number of hydrogen-bond donors (Lipinski definition) is 2. The molecule has 1 aliphatic heterocycles. The van der Waals surface area contributed by atoms with Crippen molar-refractivity contribution in [2.45, 2.75) is 57.8 Å². The maximum atomic E-state index is 11.8. The molecule has 1 amide bonds. The first-order valence-electron chi connectivity index (χ1n) is 6.14. The molecule has 0 aromatic heterocycles. The summed E-state index contributed by atoms with van der Waals surface area (Å²) in [5.74, 6) is 0. The van der Waals surface area contributed by atoms with Crippen LogP contribution in [0, 0.1) is 0 Å². The van der Waals surface area contributed by atoms with Gasteiger partial charge in [0.05, 0.1) is 11.6 Å². The summed E-state index contributed by atoms with van der Waals surface area (Å²) in [4.78, 5) is 13.4. The van der Waals surface area contributed by atoms with Gasteiger partial charge in [0.15, 0.2) is 0 Å². The van der Waals surface area contributed by atoms with E-state index in [0.29, 0.717) is 25.9 Å². The highest BCUT2D eigenvalue weighted by atomic mass is 16.6. The molecular weight excluding hydrogens is 220 g/mol. The molecule has 2 atom stereocenters. The third-order valence-corrected chi connectivity index (χ3v) is 3.19. The molecule has 2 unspecified atom stereocenters. The molecule has 1 fully saturated rings. The third kappa shape index (κ3) is 3.57. The van der Waals surface area contributed by atoms with Crippen molar-refractivity contribution in [1.82, 2.24) is 4.90 Å². The summed E-state index contributed by atoms with van der Waals surface area (Å²) >= 11 is 0. The Bertz CT molecular complexity index is 288. The van der Waals surface area contributed by atoms with Gasteiger partial charge in [-0.1, -0.05) is 6.92 Å². The number of nitrogens with two attached hydrogens (primary N) is 1. The predicted molar refractivity (Wildman–Crippen MR) is 65.6 cm³/mol. The normalized spacial score (nSPS) is 30.2. The molecular formula is C12H24N2O3. The van der Waals surface area contributed by atoms with Gasteiger partial charge in [-0.2, -0.15) is 0 Å². The van der Waals surface area contributed by atoms with Crippen LogP contribution in [0.25, 0.3) is 0 Å². The molecule has 100 valence electrons. The summed E-state index contributed by atoms with van der Waals surface area (Å²) < 4.78 is 5.28. The van der Waals surface area contributed by atoms with E-state index in [1.165, 1.54) is 0 Å². The fraction of sp³-hybridized carbons (Fsp3) is 0.917. The Kier molecular flexibility index (Phi) is 4.04. The van der Waals surface area contributed by atoms with E-state index in [-0.39, 0.29) is 6.09 Å². The lowest BCUT2D eigenvalue weighted by Gasteiger charge is -2.42. The van der Waals surface area contributed by atoms with Crippen LogP contribution in [0.2, 0.25) is 0 Å². The average molecular weight is 244 g/mol. The van der Waals surface area contributed by atoms with E-state index in [2.05, 4.69) is 0 Å². The monoisotopic (exact) mass is 244 g/mol. The molecule has 1 rings (SSSR count). The van der Waals surface area contributed by atoms with Crippen LogP contribution in [0.15, 0.2) is 0 Å². The standard InChI is InChI=1S/C12H24N2O3/c1-5-12(16)6-7-14(8-9(12)13)10(15)17-11(2,3)4/h9,16H,5-8,13H2,1-4H3. The fourth-order valence-electron chi connectivity index (χ4n) is 1.94. The number of ether oxygens (including phenoxy) is 1. The van der Waals surface area contributed by atoms with Gasteiger partial charge in [0.2, 0.25) is 0 Å². The molecule has 1 saturated heterocycles. The molecule has 0 bridgehead atoms. The quantitative estimate of drug-likeness (QED) is 0.724. The Hall–Kier alpha value is -0.810. The van der Waals surface area contributed by atoms with E-state index in [0.717, 1.165) is 0 Å².